The Balaban J connectivity index is 2.61. The first-order valence-electron chi connectivity index (χ1n) is 6.96. The lowest BCUT2D eigenvalue weighted by Gasteiger charge is -2.21. The van der Waals surface area contributed by atoms with Gasteiger partial charge in [0.2, 0.25) is 0 Å². The Bertz CT molecular complexity index is 395. The van der Waals surface area contributed by atoms with Crippen molar-refractivity contribution in [1.29, 1.82) is 0 Å². The largest absolute Gasteiger partial charge is 0.416 e. The number of hydrogen-bond acceptors (Lipinski definition) is 1. The van der Waals surface area contributed by atoms with Crippen LogP contribution in [0.3, 0.4) is 0 Å². The van der Waals surface area contributed by atoms with Crippen molar-refractivity contribution in [2.24, 2.45) is 0 Å². The summed E-state index contributed by atoms with van der Waals surface area (Å²) in [7, 11) is 0. The minimum Gasteiger partial charge on any atom is -0.295 e. The van der Waals surface area contributed by atoms with E-state index in [9.17, 15) is 13.2 Å². The van der Waals surface area contributed by atoms with E-state index in [1.807, 2.05) is 6.08 Å². The lowest BCUT2D eigenvalue weighted by molar-refractivity contribution is -0.137. The topological polar surface area (TPSA) is 3.24 Å². The maximum atomic E-state index is 12.5. The van der Waals surface area contributed by atoms with Crippen molar-refractivity contribution in [2.45, 2.75) is 38.9 Å². The standard InChI is InChI=1S/C16H22F3N/c1-3-5-6-12-20(11-4-2)13-14-7-9-15(10-8-14)16(17,18)19/h4,7-10H,2-3,5-6,11-13H2,1H3. The lowest BCUT2D eigenvalue weighted by atomic mass is 10.1. The Morgan fingerprint density at radius 1 is 1.15 bits per heavy atom. The molecule has 1 nitrogen and oxygen atoms in total. The fraction of sp³-hybridized carbons (Fsp3) is 0.500. The molecule has 0 spiro atoms. The predicted molar refractivity (Wildman–Crippen MR) is 76.4 cm³/mol. The van der Waals surface area contributed by atoms with E-state index in [1.165, 1.54) is 6.42 Å². The van der Waals surface area contributed by atoms with Gasteiger partial charge in [-0.1, -0.05) is 38.0 Å². The molecular weight excluding hydrogens is 263 g/mol. The van der Waals surface area contributed by atoms with Crippen molar-refractivity contribution < 1.29 is 13.2 Å². The van der Waals surface area contributed by atoms with Crippen LogP contribution in [0.25, 0.3) is 0 Å². The highest BCUT2D eigenvalue weighted by Crippen LogP contribution is 2.29. The summed E-state index contributed by atoms with van der Waals surface area (Å²) in [6, 6.07) is 5.40. The summed E-state index contributed by atoms with van der Waals surface area (Å²) in [5.74, 6) is 0. The summed E-state index contributed by atoms with van der Waals surface area (Å²) in [5.41, 5.74) is 0.304. The number of rotatable bonds is 8. The molecule has 0 amide bonds. The summed E-state index contributed by atoms with van der Waals surface area (Å²) in [5, 5.41) is 0. The van der Waals surface area contributed by atoms with Gasteiger partial charge in [-0.05, 0) is 30.7 Å². The molecule has 0 aliphatic heterocycles. The SMILES string of the molecule is C=CCN(CCCCC)Cc1ccc(C(F)(F)F)cc1. The zero-order valence-electron chi connectivity index (χ0n) is 11.9. The number of unbranched alkanes of at least 4 members (excludes halogenated alkanes) is 2. The Kier molecular flexibility index (Phi) is 6.79. The van der Waals surface area contributed by atoms with Gasteiger partial charge in [-0.25, -0.2) is 0 Å². The molecule has 0 radical (unpaired) electrons. The van der Waals surface area contributed by atoms with Crippen LogP contribution >= 0.6 is 0 Å². The second-order valence-corrected chi connectivity index (χ2v) is 4.93. The fourth-order valence-corrected chi connectivity index (χ4v) is 2.06. The highest BCUT2D eigenvalue weighted by Gasteiger charge is 2.29. The second kappa shape index (κ2) is 8.10. The molecule has 0 saturated carbocycles. The maximum absolute atomic E-state index is 12.5. The molecule has 0 saturated heterocycles. The molecule has 1 aromatic carbocycles. The van der Waals surface area contributed by atoms with E-state index in [4.69, 9.17) is 0 Å². The van der Waals surface area contributed by atoms with Crippen molar-refractivity contribution in [1.82, 2.24) is 4.90 Å². The fourth-order valence-electron chi connectivity index (χ4n) is 2.06. The van der Waals surface area contributed by atoms with Crippen LogP contribution in [-0.2, 0) is 12.7 Å². The van der Waals surface area contributed by atoms with Crippen LogP contribution in [0.2, 0.25) is 0 Å². The number of alkyl halides is 3. The second-order valence-electron chi connectivity index (χ2n) is 4.93. The van der Waals surface area contributed by atoms with Gasteiger partial charge in [0, 0.05) is 13.1 Å². The number of benzene rings is 1. The molecule has 0 atom stereocenters. The summed E-state index contributed by atoms with van der Waals surface area (Å²) < 4.78 is 37.5. The van der Waals surface area contributed by atoms with Gasteiger partial charge >= 0.3 is 6.18 Å². The highest BCUT2D eigenvalue weighted by atomic mass is 19.4. The van der Waals surface area contributed by atoms with Crippen LogP contribution in [0.5, 0.6) is 0 Å². The molecule has 20 heavy (non-hydrogen) atoms. The number of nitrogens with zero attached hydrogens (tertiary/aromatic N) is 1. The maximum Gasteiger partial charge on any atom is 0.416 e. The van der Waals surface area contributed by atoms with Gasteiger partial charge in [-0.15, -0.1) is 6.58 Å². The van der Waals surface area contributed by atoms with E-state index in [-0.39, 0.29) is 0 Å². The Labute approximate surface area is 119 Å². The average Bonchev–Trinajstić information content (AvgIpc) is 2.39. The summed E-state index contributed by atoms with van der Waals surface area (Å²) in [6.07, 6.45) is 0.990. The Hall–Kier alpha value is -1.29. The molecule has 1 aromatic rings. The highest BCUT2D eigenvalue weighted by molar-refractivity contribution is 5.24. The molecule has 0 aliphatic carbocycles. The van der Waals surface area contributed by atoms with Gasteiger partial charge < -0.3 is 0 Å². The molecule has 0 aromatic heterocycles. The molecular formula is C16H22F3N. The van der Waals surface area contributed by atoms with E-state index >= 15 is 0 Å². The molecule has 0 N–H and O–H groups in total. The molecule has 1 rings (SSSR count). The molecule has 0 aliphatic rings. The molecule has 0 fully saturated rings. The van der Waals surface area contributed by atoms with Crippen LogP contribution in [0.15, 0.2) is 36.9 Å². The van der Waals surface area contributed by atoms with Gasteiger partial charge in [-0.2, -0.15) is 13.2 Å². The summed E-state index contributed by atoms with van der Waals surface area (Å²) in [6.45, 7) is 8.23. The van der Waals surface area contributed by atoms with Crippen molar-refractivity contribution in [3.8, 4) is 0 Å². The summed E-state index contributed by atoms with van der Waals surface area (Å²) >= 11 is 0. The van der Waals surface area contributed by atoms with Gasteiger partial charge in [0.15, 0.2) is 0 Å². The van der Waals surface area contributed by atoms with Gasteiger partial charge in [0.1, 0.15) is 0 Å². The van der Waals surface area contributed by atoms with E-state index in [0.29, 0.717) is 6.54 Å². The first-order chi connectivity index (χ1) is 9.47. The van der Waals surface area contributed by atoms with Crippen LogP contribution in [0.4, 0.5) is 13.2 Å². The molecule has 0 bridgehead atoms. The zero-order chi connectivity index (χ0) is 15.0. The van der Waals surface area contributed by atoms with Gasteiger partial charge in [0.05, 0.1) is 5.56 Å². The number of halogens is 3. The van der Waals surface area contributed by atoms with Crippen LogP contribution in [0, 0.1) is 0 Å². The molecule has 112 valence electrons. The molecule has 0 unspecified atom stereocenters. The average molecular weight is 285 g/mol. The summed E-state index contributed by atoms with van der Waals surface area (Å²) in [4.78, 5) is 2.20. The van der Waals surface area contributed by atoms with E-state index < -0.39 is 11.7 Å². The van der Waals surface area contributed by atoms with E-state index in [1.54, 1.807) is 12.1 Å². The third-order valence-electron chi connectivity index (χ3n) is 3.15. The van der Waals surface area contributed by atoms with Gasteiger partial charge in [0.25, 0.3) is 0 Å². The van der Waals surface area contributed by atoms with Crippen LogP contribution < -0.4 is 0 Å². The molecule has 4 heteroatoms. The van der Waals surface area contributed by atoms with Crippen molar-refractivity contribution in [2.75, 3.05) is 13.1 Å². The molecule has 0 heterocycles. The monoisotopic (exact) mass is 285 g/mol. The van der Waals surface area contributed by atoms with Crippen LogP contribution in [0.1, 0.15) is 37.3 Å². The minimum absolute atomic E-state index is 0.595. The lowest BCUT2D eigenvalue weighted by Crippen LogP contribution is -2.24. The minimum atomic E-state index is -4.26. The first-order valence-corrected chi connectivity index (χ1v) is 6.96. The number of hydrogen-bond donors (Lipinski definition) is 0. The third kappa shape index (κ3) is 5.78. The van der Waals surface area contributed by atoms with E-state index in [2.05, 4.69) is 18.4 Å². The Morgan fingerprint density at radius 2 is 1.80 bits per heavy atom. The van der Waals surface area contributed by atoms with Crippen molar-refractivity contribution in [3.63, 3.8) is 0 Å². The third-order valence-corrected chi connectivity index (χ3v) is 3.15. The quantitative estimate of drug-likeness (QED) is 0.486. The first kappa shape index (κ1) is 16.8. The van der Waals surface area contributed by atoms with Crippen LogP contribution in [-0.4, -0.2) is 18.0 Å². The van der Waals surface area contributed by atoms with E-state index in [0.717, 1.165) is 43.6 Å². The zero-order valence-corrected chi connectivity index (χ0v) is 11.9. The normalized spacial score (nSPS) is 11.8. The smallest absolute Gasteiger partial charge is 0.295 e. The Morgan fingerprint density at radius 3 is 2.30 bits per heavy atom. The van der Waals surface area contributed by atoms with Gasteiger partial charge in [-0.3, -0.25) is 4.90 Å². The predicted octanol–water partition coefficient (Wildman–Crippen LogP) is 4.88. The van der Waals surface area contributed by atoms with Crippen molar-refractivity contribution >= 4 is 0 Å². The van der Waals surface area contributed by atoms with Crippen molar-refractivity contribution in [3.05, 3.63) is 48.0 Å².